The van der Waals surface area contributed by atoms with E-state index < -0.39 is 0 Å². The van der Waals surface area contributed by atoms with Crippen LogP contribution in [0.25, 0.3) is 0 Å². The Hall–Kier alpha value is -1.35. The topological polar surface area (TPSA) is 29.5 Å². The van der Waals surface area contributed by atoms with Crippen LogP contribution in [0, 0.1) is 5.92 Å². The lowest BCUT2D eigenvalue weighted by molar-refractivity contribution is -0.123. The summed E-state index contributed by atoms with van der Waals surface area (Å²) in [6, 6.07) is 10.4. The zero-order valence-electron chi connectivity index (χ0n) is 12.7. The van der Waals surface area contributed by atoms with Crippen molar-refractivity contribution in [2.75, 3.05) is 19.7 Å². The second kappa shape index (κ2) is 7.08. The molecule has 1 aromatic rings. The van der Waals surface area contributed by atoms with Gasteiger partial charge < -0.3 is 4.74 Å². The summed E-state index contributed by atoms with van der Waals surface area (Å²) in [4.78, 5) is 14.6. The van der Waals surface area contributed by atoms with Gasteiger partial charge in [-0.1, -0.05) is 24.6 Å². The quantitative estimate of drug-likeness (QED) is 0.832. The molecule has 2 unspecified atom stereocenters. The van der Waals surface area contributed by atoms with Crippen LogP contribution in [-0.2, 0) is 4.79 Å². The smallest absolute Gasteiger partial charge is 0.137 e. The molecule has 21 heavy (non-hydrogen) atoms. The van der Waals surface area contributed by atoms with E-state index in [1.165, 1.54) is 19.3 Å². The van der Waals surface area contributed by atoms with E-state index >= 15 is 0 Å². The maximum absolute atomic E-state index is 12.1. The van der Waals surface area contributed by atoms with E-state index in [-0.39, 0.29) is 0 Å². The van der Waals surface area contributed by atoms with Gasteiger partial charge in [-0.3, -0.25) is 9.69 Å². The van der Waals surface area contributed by atoms with Gasteiger partial charge in [0.2, 0.25) is 0 Å². The second-order valence-electron chi connectivity index (χ2n) is 6.23. The van der Waals surface area contributed by atoms with Gasteiger partial charge in [0.25, 0.3) is 0 Å². The predicted molar refractivity (Wildman–Crippen MR) is 83.5 cm³/mol. The summed E-state index contributed by atoms with van der Waals surface area (Å²) in [7, 11) is 0. The van der Waals surface area contributed by atoms with Gasteiger partial charge in [-0.25, -0.2) is 0 Å². The van der Waals surface area contributed by atoms with Crippen molar-refractivity contribution >= 4 is 5.78 Å². The highest BCUT2D eigenvalue weighted by Crippen LogP contribution is 2.32. The highest BCUT2D eigenvalue weighted by molar-refractivity contribution is 5.83. The van der Waals surface area contributed by atoms with Gasteiger partial charge in [0.1, 0.15) is 18.1 Å². The molecule has 0 bridgehead atoms. The largest absolute Gasteiger partial charge is 0.492 e. The van der Waals surface area contributed by atoms with Crippen LogP contribution in [0.2, 0.25) is 0 Å². The molecule has 1 aliphatic carbocycles. The molecule has 1 aromatic carbocycles. The number of benzene rings is 1. The lowest BCUT2D eigenvalue weighted by Crippen LogP contribution is -2.47. The van der Waals surface area contributed by atoms with E-state index in [2.05, 4.69) is 4.90 Å². The zero-order chi connectivity index (χ0) is 14.5. The van der Waals surface area contributed by atoms with E-state index in [1.807, 2.05) is 30.3 Å². The summed E-state index contributed by atoms with van der Waals surface area (Å²) in [5.74, 6) is 1.72. The summed E-state index contributed by atoms with van der Waals surface area (Å²) in [5, 5.41) is 0. The Morgan fingerprint density at radius 2 is 1.95 bits per heavy atom. The average molecular weight is 287 g/mol. The Balaban J connectivity index is 1.53. The summed E-state index contributed by atoms with van der Waals surface area (Å²) < 4.78 is 5.82. The Bertz CT molecular complexity index is 460. The number of hydrogen-bond donors (Lipinski definition) is 0. The van der Waals surface area contributed by atoms with Crippen LogP contribution < -0.4 is 4.74 Å². The van der Waals surface area contributed by atoms with Crippen molar-refractivity contribution in [3.63, 3.8) is 0 Å². The molecule has 3 nitrogen and oxygen atoms in total. The molecule has 0 amide bonds. The standard InChI is InChI=1S/C18H25NO2/c20-18-11-6-9-16(18)17-10-4-5-12-19(17)13-14-21-15-7-2-1-3-8-15/h1-3,7-8,16-17H,4-6,9-14H2. The fourth-order valence-corrected chi connectivity index (χ4v) is 3.80. The first-order valence-electron chi connectivity index (χ1n) is 8.29. The van der Waals surface area contributed by atoms with E-state index in [1.54, 1.807) is 0 Å². The lowest BCUT2D eigenvalue weighted by Gasteiger charge is -2.38. The van der Waals surface area contributed by atoms with Gasteiger partial charge in [0.15, 0.2) is 0 Å². The molecule has 0 aromatic heterocycles. The molecule has 1 saturated heterocycles. The van der Waals surface area contributed by atoms with E-state index in [9.17, 15) is 4.79 Å². The van der Waals surface area contributed by atoms with E-state index in [0.29, 0.717) is 24.3 Å². The zero-order valence-corrected chi connectivity index (χ0v) is 12.7. The minimum Gasteiger partial charge on any atom is -0.492 e. The van der Waals surface area contributed by atoms with Gasteiger partial charge in [0.05, 0.1) is 0 Å². The van der Waals surface area contributed by atoms with Crippen molar-refractivity contribution in [1.82, 2.24) is 4.90 Å². The van der Waals surface area contributed by atoms with E-state index in [0.717, 1.165) is 38.1 Å². The minimum absolute atomic E-state index is 0.294. The summed E-state index contributed by atoms with van der Waals surface area (Å²) in [5.41, 5.74) is 0. The first-order chi connectivity index (χ1) is 10.3. The number of hydrogen-bond acceptors (Lipinski definition) is 3. The molecule has 2 fully saturated rings. The van der Waals surface area contributed by atoms with Crippen LogP contribution in [-0.4, -0.2) is 36.4 Å². The van der Waals surface area contributed by atoms with Gasteiger partial charge in [0, 0.05) is 24.9 Å². The molecule has 114 valence electrons. The minimum atomic E-state index is 0.294. The Morgan fingerprint density at radius 1 is 1.10 bits per heavy atom. The first-order valence-corrected chi connectivity index (χ1v) is 8.29. The highest BCUT2D eigenvalue weighted by Gasteiger charge is 2.36. The number of likely N-dealkylation sites (tertiary alicyclic amines) is 1. The third-order valence-corrected chi connectivity index (χ3v) is 4.87. The average Bonchev–Trinajstić information content (AvgIpc) is 2.95. The summed E-state index contributed by atoms with van der Waals surface area (Å²) >= 11 is 0. The molecule has 2 aliphatic rings. The second-order valence-corrected chi connectivity index (χ2v) is 6.23. The number of carbonyl (C=O) groups is 1. The summed E-state index contributed by atoms with van der Waals surface area (Å²) in [6.45, 7) is 2.76. The lowest BCUT2D eigenvalue weighted by atomic mass is 9.88. The van der Waals surface area contributed by atoms with Crippen LogP contribution in [0.1, 0.15) is 38.5 Å². The van der Waals surface area contributed by atoms with Crippen LogP contribution in [0.3, 0.4) is 0 Å². The third-order valence-electron chi connectivity index (χ3n) is 4.87. The van der Waals surface area contributed by atoms with E-state index in [4.69, 9.17) is 4.74 Å². The maximum atomic E-state index is 12.1. The number of rotatable bonds is 5. The number of Topliss-reactive ketones (excluding diaryl/α,β-unsaturated/α-hetero) is 1. The fraction of sp³-hybridized carbons (Fsp3) is 0.611. The Morgan fingerprint density at radius 3 is 2.71 bits per heavy atom. The Kier molecular flexibility index (Phi) is 4.91. The van der Waals surface area contributed by atoms with Crippen LogP contribution in [0.5, 0.6) is 5.75 Å². The molecule has 1 saturated carbocycles. The molecule has 0 radical (unpaired) electrons. The van der Waals surface area contributed by atoms with Gasteiger partial charge in [-0.2, -0.15) is 0 Å². The van der Waals surface area contributed by atoms with Crippen LogP contribution in [0.15, 0.2) is 30.3 Å². The number of ether oxygens (including phenoxy) is 1. The van der Waals surface area contributed by atoms with Crippen LogP contribution in [0.4, 0.5) is 0 Å². The Labute approximate surface area is 127 Å². The number of nitrogens with zero attached hydrogens (tertiary/aromatic N) is 1. The van der Waals surface area contributed by atoms with Crippen molar-refractivity contribution in [3.05, 3.63) is 30.3 Å². The molecule has 3 rings (SSSR count). The molecular weight excluding hydrogens is 262 g/mol. The third kappa shape index (κ3) is 3.65. The molecule has 3 heteroatoms. The number of para-hydroxylation sites is 1. The molecule has 1 aliphatic heterocycles. The monoisotopic (exact) mass is 287 g/mol. The normalized spacial score (nSPS) is 27.0. The fourth-order valence-electron chi connectivity index (χ4n) is 3.80. The van der Waals surface area contributed by atoms with Crippen molar-refractivity contribution in [1.29, 1.82) is 0 Å². The van der Waals surface area contributed by atoms with Crippen molar-refractivity contribution in [2.45, 2.75) is 44.6 Å². The van der Waals surface area contributed by atoms with Crippen molar-refractivity contribution < 1.29 is 9.53 Å². The van der Waals surface area contributed by atoms with Gasteiger partial charge in [-0.15, -0.1) is 0 Å². The van der Waals surface area contributed by atoms with Crippen molar-refractivity contribution in [3.8, 4) is 5.75 Å². The number of ketones is 1. The SMILES string of the molecule is O=C1CCCC1C1CCCCN1CCOc1ccccc1. The summed E-state index contributed by atoms with van der Waals surface area (Å²) in [6.07, 6.45) is 6.69. The molecule has 1 heterocycles. The molecule has 0 N–H and O–H groups in total. The maximum Gasteiger partial charge on any atom is 0.137 e. The molecular formula is C18H25NO2. The molecule has 2 atom stereocenters. The number of piperidine rings is 1. The van der Waals surface area contributed by atoms with Gasteiger partial charge in [-0.05, 0) is 44.4 Å². The predicted octanol–water partition coefficient (Wildman–Crippen LogP) is 3.29. The number of carbonyl (C=O) groups excluding carboxylic acids is 1. The molecule has 0 spiro atoms. The van der Waals surface area contributed by atoms with Crippen molar-refractivity contribution in [2.24, 2.45) is 5.92 Å². The first kappa shape index (κ1) is 14.6. The highest BCUT2D eigenvalue weighted by atomic mass is 16.5. The van der Waals surface area contributed by atoms with Crippen LogP contribution >= 0.6 is 0 Å². The van der Waals surface area contributed by atoms with Gasteiger partial charge >= 0.3 is 0 Å².